The minimum Gasteiger partial charge on any atom is -0.444 e. The maximum absolute atomic E-state index is 6.15. The molecule has 0 radical (unpaired) electrons. The number of aromatic nitrogens is 1. The van der Waals surface area contributed by atoms with Crippen LogP contribution in [0.5, 0.6) is 0 Å². The van der Waals surface area contributed by atoms with Crippen molar-refractivity contribution in [3.63, 3.8) is 0 Å². The average Bonchev–Trinajstić information content (AvgIpc) is 2.92. The summed E-state index contributed by atoms with van der Waals surface area (Å²) in [5.74, 6) is 1.31. The Morgan fingerprint density at radius 1 is 1.33 bits per heavy atom. The third-order valence-corrected chi connectivity index (χ3v) is 4.34. The number of nitrogens with two attached hydrogens (primary N) is 1. The molecule has 0 amide bonds. The van der Waals surface area contributed by atoms with E-state index in [1.165, 1.54) is 5.56 Å². The fraction of sp³-hybridized carbons (Fsp3) is 0.471. The number of nitrogens with zero attached hydrogens (tertiary/aromatic N) is 2. The van der Waals surface area contributed by atoms with E-state index in [2.05, 4.69) is 35.9 Å². The molecule has 1 aliphatic heterocycles. The lowest BCUT2D eigenvalue weighted by Crippen LogP contribution is -2.47. The molecule has 1 saturated heterocycles. The number of hydrogen-bond acceptors (Lipinski definition) is 4. The standard InChI is InChI=1S/C17H23N3O/c1-12-3-5-14(6-4-12)17-19-15(11-21-17)9-20-8-7-13(2)16(18)10-20/h3-6,11,13,16H,7-10,18H2,1-2H3. The van der Waals surface area contributed by atoms with E-state index in [0.717, 1.165) is 37.3 Å². The number of benzene rings is 1. The fourth-order valence-corrected chi connectivity index (χ4v) is 2.75. The molecular formula is C17H23N3O. The number of hydrogen-bond donors (Lipinski definition) is 1. The molecule has 2 atom stereocenters. The lowest BCUT2D eigenvalue weighted by atomic mass is 9.94. The van der Waals surface area contributed by atoms with Gasteiger partial charge in [-0.25, -0.2) is 4.98 Å². The SMILES string of the molecule is Cc1ccc(-c2nc(CN3CCC(C)C(N)C3)co2)cc1. The van der Waals surface area contributed by atoms with Crippen LogP contribution in [-0.2, 0) is 6.54 Å². The third kappa shape index (κ3) is 3.34. The van der Waals surface area contributed by atoms with Crippen LogP contribution in [0.2, 0.25) is 0 Å². The Bertz CT molecular complexity index is 590. The number of aryl methyl sites for hydroxylation is 1. The van der Waals surface area contributed by atoms with Crippen LogP contribution in [0.3, 0.4) is 0 Å². The Morgan fingerprint density at radius 3 is 2.81 bits per heavy atom. The molecule has 2 N–H and O–H groups in total. The van der Waals surface area contributed by atoms with Gasteiger partial charge >= 0.3 is 0 Å². The predicted molar refractivity (Wildman–Crippen MR) is 83.7 cm³/mol. The van der Waals surface area contributed by atoms with Gasteiger partial charge in [-0.05, 0) is 37.9 Å². The van der Waals surface area contributed by atoms with Gasteiger partial charge in [0, 0.05) is 24.7 Å². The summed E-state index contributed by atoms with van der Waals surface area (Å²) in [4.78, 5) is 6.96. The van der Waals surface area contributed by atoms with Gasteiger partial charge in [0.25, 0.3) is 0 Å². The Labute approximate surface area is 126 Å². The Hall–Kier alpha value is -1.65. The highest BCUT2D eigenvalue weighted by Gasteiger charge is 2.23. The van der Waals surface area contributed by atoms with E-state index in [9.17, 15) is 0 Å². The molecule has 2 unspecified atom stereocenters. The van der Waals surface area contributed by atoms with Gasteiger partial charge in [-0.3, -0.25) is 4.90 Å². The fourth-order valence-electron chi connectivity index (χ4n) is 2.75. The van der Waals surface area contributed by atoms with Crippen LogP contribution < -0.4 is 5.73 Å². The smallest absolute Gasteiger partial charge is 0.226 e. The van der Waals surface area contributed by atoms with E-state index in [0.29, 0.717) is 11.8 Å². The van der Waals surface area contributed by atoms with Crippen molar-refractivity contribution in [1.82, 2.24) is 9.88 Å². The predicted octanol–water partition coefficient (Wildman–Crippen LogP) is 2.82. The summed E-state index contributed by atoms with van der Waals surface area (Å²) >= 11 is 0. The molecule has 0 bridgehead atoms. The van der Waals surface area contributed by atoms with E-state index < -0.39 is 0 Å². The molecule has 4 nitrogen and oxygen atoms in total. The van der Waals surface area contributed by atoms with Crippen molar-refractivity contribution >= 4 is 0 Å². The lowest BCUT2D eigenvalue weighted by molar-refractivity contribution is 0.160. The second-order valence-corrected chi connectivity index (χ2v) is 6.17. The number of rotatable bonds is 3. The van der Waals surface area contributed by atoms with Crippen LogP contribution in [0.4, 0.5) is 0 Å². The van der Waals surface area contributed by atoms with Gasteiger partial charge < -0.3 is 10.2 Å². The molecule has 0 saturated carbocycles. The van der Waals surface area contributed by atoms with Crippen molar-refractivity contribution in [1.29, 1.82) is 0 Å². The van der Waals surface area contributed by atoms with E-state index >= 15 is 0 Å². The van der Waals surface area contributed by atoms with Crippen LogP contribution in [0.15, 0.2) is 34.9 Å². The monoisotopic (exact) mass is 285 g/mol. The first-order chi connectivity index (χ1) is 10.1. The molecule has 1 aromatic heterocycles. The van der Waals surface area contributed by atoms with E-state index in [-0.39, 0.29) is 6.04 Å². The quantitative estimate of drug-likeness (QED) is 0.942. The van der Waals surface area contributed by atoms with Crippen molar-refractivity contribution < 1.29 is 4.42 Å². The van der Waals surface area contributed by atoms with Crippen LogP contribution in [0, 0.1) is 12.8 Å². The zero-order chi connectivity index (χ0) is 14.8. The van der Waals surface area contributed by atoms with Gasteiger partial charge in [-0.15, -0.1) is 0 Å². The highest BCUT2D eigenvalue weighted by molar-refractivity contribution is 5.53. The summed E-state index contributed by atoms with van der Waals surface area (Å²) in [5.41, 5.74) is 9.39. The van der Waals surface area contributed by atoms with Gasteiger partial charge in [0.1, 0.15) is 6.26 Å². The molecule has 2 aromatic rings. The van der Waals surface area contributed by atoms with E-state index in [1.54, 1.807) is 6.26 Å². The number of likely N-dealkylation sites (tertiary alicyclic amines) is 1. The topological polar surface area (TPSA) is 55.3 Å². The van der Waals surface area contributed by atoms with Gasteiger partial charge in [-0.2, -0.15) is 0 Å². The summed E-state index contributed by atoms with van der Waals surface area (Å²) in [6, 6.07) is 8.50. The first-order valence-corrected chi connectivity index (χ1v) is 7.61. The molecule has 112 valence electrons. The van der Waals surface area contributed by atoms with Crippen LogP contribution in [-0.4, -0.2) is 29.0 Å². The zero-order valence-electron chi connectivity index (χ0n) is 12.7. The van der Waals surface area contributed by atoms with Gasteiger partial charge in [0.05, 0.1) is 5.69 Å². The van der Waals surface area contributed by atoms with Crippen LogP contribution >= 0.6 is 0 Å². The summed E-state index contributed by atoms with van der Waals surface area (Å²) in [6.45, 7) is 7.14. The number of oxazole rings is 1. The minimum absolute atomic E-state index is 0.266. The number of piperidine rings is 1. The summed E-state index contributed by atoms with van der Waals surface area (Å²) in [5, 5.41) is 0. The largest absolute Gasteiger partial charge is 0.444 e. The molecule has 2 heterocycles. The summed E-state index contributed by atoms with van der Waals surface area (Å²) < 4.78 is 5.61. The van der Waals surface area contributed by atoms with Crippen LogP contribution in [0.1, 0.15) is 24.6 Å². The van der Waals surface area contributed by atoms with Crippen molar-refractivity contribution in [3.05, 3.63) is 41.8 Å². The summed E-state index contributed by atoms with van der Waals surface area (Å²) in [6.07, 6.45) is 2.92. The highest BCUT2D eigenvalue weighted by Crippen LogP contribution is 2.21. The summed E-state index contributed by atoms with van der Waals surface area (Å²) in [7, 11) is 0. The van der Waals surface area contributed by atoms with Crippen molar-refractivity contribution in [2.75, 3.05) is 13.1 Å². The minimum atomic E-state index is 0.266. The van der Waals surface area contributed by atoms with E-state index in [1.807, 2.05) is 12.1 Å². The molecule has 1 aromatic carbocycles. The van der Waals surface area contributed by atoms with Gasteiger partial charge in [0.15, 0.2) is 0 Å². The molecule has 3 rings (SSSR count). The van der Waals surface area contributed by atoms with E-state index in [4.69, 9.17) is 10.2 Å². The molecule has 1 fully saturated rings. The van der Waals surface area contributed by atoms with Gasteiger partial charge in [0.2, 0.25) is 5.89 Å². The maximum atomic E-state index is 6.15. The van der Waals surface area contributed by atoms with Crippen molar-refractivity contribution in [3.8, 4) is 11.5 Å². The first kappa shape index (κ1) is 14.3. The molecule has 4 heteroatoms. The molecule has 1 aliphatic rings. The molecule has 0 aliphatic carbocycles. The first-order valence-electron chi connectivity index (χ1n) is 7.61. The molecule has 0 spiro atoms. The second kappa shape index (κ2) is 6.00. The van der Waals surface area contributed by atoms with Crippen molar-refractivity contribution in [2.45, 2.75) is 32.9 Å². The Kier molecular flexibility index (Phi) is 4.08. The maximum Gasteiger partial charge on any atom is 0.226 e. The molecular weight excluding hydrogens is 262 g/mol. The van der Waals surface area contributed by atoms with Gasteiger partial charge in [-0.1, -0.05) is 24.6 Å². The average molecular weight is 285 g/mol. The van der Waals surface area contributed by atoms with Crippen LogP contribution in [0.25, 0.3) is 11.5 Å². The second-order valence-electron chi connectivity index (χ2n) is 6.17. The Balaban J connectivity index is 1.66. The Morgan fingerprint density at radius 2 is 2.10 bits per heavy atom. The lowest BCUT2D eigenvalue weighted by Gasteiger charge is -2.34. The normalized spacial score (nSPS) is 23.4. The van der Waals surface area contributed by atoms with Crippen molar-refractivity contribution in [2.24, 2.45) is 11.7 Å². The zero-order valence-corrected chi connectivity index (χ0v) is 12.7. The molecule has 21 heavy (non-hydrogen) atoms. The third-order valence-electron chi connectivity index (χ3n) is 4.34. The highest BCUT2D eigenvalue weighted by atomic mass is 16.3.